The summed E-state index contributed by atoms with van der Waals surface area (Å²) < 4.78 is 0.985. The lowest BCUT2D eigenvalue weighted by molar-refractivity contribution is 0.102. The Morgan fingerprint density at radius 2 is 2.05 bits per heavy atom. The second kappa shape index (κ2) is 5.79. The predicted octanol–water partition coefficient (Wildman–Crippen LogP) is 4.21. The maximum absolute atomic E-state index is 12.1. The van der Waals surface area contributed by atoms with Gasteiger partial charge in [-0.05, 0) is 59.3 Å². The highest BCUT2D eigenvalue weighted by atomic mass is 127. The molecule has 0 bridgehead atoms. The first-order chi connectivity index (χ1) is 8.99. The SMILES string of the molecule is Cc1cccc(C(=O)Nc2ccc(I)cc2Cl)c1O. The van der Waals surface area contributed by atoms with Crippen molar-refractivity contribution in [2.75, 3.05) is 5.32 Å². The van der Waals surface area contributed by atoms with E-state index in [2.05, 4.69) is 27.9 Å². The minimum Gasteiger partial charge on any atom is -0.507 e. The second-order valence-electron chi connectivity index (χ2n) is 4.05. The van der Waals surface area contributed by atoms with Crippen LogP contribution < -0.4 is 5.32 Å². The molecule has 98 valence electrons. The third-order valence-electron chi connectivity index (χ3n) is 2.66. The number of benzene rings is 2. The molecule has 2 rings (SSSR count). The number of halogens is 2. The van der Waals surface area contributed by atoms with Crippen LogP contribution in [0.5, 0.6) is 5.75 Å². The first-order valence-electron chi connectivity index (χ1n) is 5.54. The van der Waals surface area contributed by atoms with Gasteiger partial charge in [-0.25, -0.2) is 0 Å². The molecule has 0 saturated carbocycles. The number of nitrogens with one attached hydrogen (secondary N) is 1. The van der Waals surface area contributed by atoms with E-state index in [0.717, 1.165) is 3.57 Å². The minimum atomic E-state index is -0.385. The predicted molar refractivity (Wildman–Crippen MR) is 85.0 cm³/mol. The molecule has 1 amide bonds. The van der Waals surface area contributed by atoms with Crippen LogP contribution in [0.25, 0.3) is 0 Å². The topological polar surface area (TPSA) is 49.3 Å². The second-order valence-corrected chi connectivity index (χ2v) is 5.70. The van der Waals surface area contributed by atoms with Gasteiger partial charge >= 0.3 is 0 Å². The zero-order valence-corrected chi connectivity index (χ0v) is 13.0. The zero-order chi connectivity index (χ0) is 14.0. The van der Waals surface area contributed by atoms with Gasteiger partial charge in [0.15, 0.2) is 0 Å². The molecular formula is C14H11ClINO2. The van der Waals surface area contributed by atoms with Gasteiger partial charge in [0.05, 0.1) is 16.3 Å². The average molecular weight is 388 g/mol. The Labute approximate surface area is 129 Å². The maximum atomic E-state index is 12.1. The standard InChI is InChI=1S/C14H11ClINO2/c1-8-3-2-4-10(13(8)18)14(19)17-12-6-5-9(16)7-11(12)15/h2-7,18H,1H3,(H,17,19). The molecule has 0 unspecified atom stereocenters. The molecular weight excluding hydrogens is 377 g/mol. The Hall–Kier alpha value is -1.27. The molecule has 0 atom stereocenters. The summed E-state index contributed by atoms with van der Waals surface area (Å²) in [5.74, 6) is -0.397. The quantitative estimate of drug-likeness (QED) is 0.758. The van der Waals surface area contributed by atoms with E-state index in [1.807, 2.05) is 6.07 Å². The van der Waals surface area contributed by atoms with Gasteiger partial charge in [0.1, 0.15) is 5.75 Å². The van der Waals surface area contributed by atoms with Crippen LogP contribution in [0.15, 0.2) is 36.4 Å². The molecule has 0 aliphatic carbocycles. The fourth-order valence-corrected chi connectivity index (χ4v) is 2.53. The molecule has 2 aromatic rings. The van der Waals surface area contributed by atoms with Crippen molar-refractivity contribution in [1.82, 2.24) is 0 Å². The van der Waals surface area contributed by atoms with Crippen molar-refractivity contribution in [1.29, 1.82) is 0 Å². The van der Waals surface area contributed by atoms with Crippen molar-refractivity contribution < 1.29 is 9.90 Å². The Bertz CT molecular complexity index is 643. The number of para-hydroxylation sites is 1. The van der Waals surface area contributed by atoms with Gasteiger partial charge in [0.25, 0.3) is 5.91 Å². The molecule has 3 nitrogen and oxygen atoms in total. The van der Waals surface area contributed by atoms with Crippen LogP contribution in [0.3, 0.4) is 0 Å². The number of amides is 1. The van der Waals surface area contributed by atoms with Gasteiger partial charge in [-0.15, -0.1) is 0 Å². The third-order valence-corrected chi connectivity index (χ3v) is 3.65. The molecule has 0 aliphatic rings. The number of hydrogen-bond donors (Lipinski definition) is 2. The van der Waals surface area contributed by atoms with Crippen molar-refractivity contribution in [3.05, 3.63) is 56.1 Å². The van der Waals surface area contributed by atoms with E-state index in [1.165, 1.54) is 0 Å². The van der Waals surface area contributed by atoms with Gasteiger partial charge in [0, 0.05) is 3.57 Å². The Morgan fingerprint density at radius 3 is 2.74 bits per heavy atom. The van der Waals surface area contributed by atoms with Crippen molar-refractivity contribution in [3.63, 3.8) is 0 Å². The molecule has 0 radical (unpaired) electrons. The molecule has 0 aromatic heterocycles. The summed E-state index contributed by atoms with van der Waals surface area (Å²) in [6, 6.07) is 10.4. The molecule has 19 heavy (non-hydrogen) atoms. The number of aromatic hydroxyl groups is 1. The van der Waals surface area contributed by atoms with Gasteiger partial charge < -0.3 is 10.4 Å². The maximum Gasteiger partial charge on any atom is 0.259 e. The van der Waals surface area contributed by atoms with E-state index in [1.54, 1.807) is 37.3 Å². The number of hydrogen-bond acceptors (Lipinski definition) is 2. The van der Waals surface area contributed by atoms with E-state index in [4.69, 9.17) is 11.6 Å². The summed E-state index contributed by atoms with van der Waals surface area (Å²) in [4.78, 5) is 12.1. The molecule has 0 aliphatic heterocycles. The van der Waals surface area contributed by atoms with Crippen LogP contribution in [0.2, 0.25) is 5.02 Å². The zero-order valence-electron chi connectivity index (χ0n) is 10.1. The van der Waals surface area contributed by atoms with Crippen molar-refractivity contribution >= 4 is 45.8 Å². The molecule has 2 N–H and O–H groups in total. The van der Waals surface area contributed by atoms with Crippen LogP contribution in [0, 0.1) is 10.5 Å². The number of phenols is 1. The highest BCUT2D eigenvalue weighted by Crippen LogP contribution is 2.26. The van der Waals surface area contributed by atoms with Crippen LogP contribution in [-0.4, -0.2) is 11.0 Å². The number of carbonyl (C=O) groups excluding carboxylic acids is 1. The molecule has 0 spiro atoms. The molecule has 0 fully saturated rings. The Balaban J connectivity index is 2.28. The fourth-order valence-electron chi connectivity index (χ4n) is 1.62. The molecule has 5 heteroatoms. The summed E-state index contributed by atoms with van der Waals surface area (Å²) >= 11 is 8.19. The van der Waals surface area contributed by atoms with Crippen molar-refractivity contribution in [3.8, 4) is 5.75 Å². The lowest BCUT2D eigenvalue weighted by atomic mass is 10.1. The van der Waals surface area contributed by atoms with Gasteiger partial charge in [-0.1, -0.05) is 23.7 Å². The smallest absolute Gasteiger partial charge is 0.259 e. The summed E-state index contributed by atoms with van der Waals surface area (Å²) in [5.41, 5.74) is 1.41. The normalized spacial score (nSPS) is 10.3. The first kappa shape index (κ1) is 14.1. The largest absolute Gasteiger partial charge is 0.507 e. The number of rotatable bonds is 2. The van der Waals surface area contributed by atoms with Crippen LogP contribution in [0.1, 0.15) is 15.9 Å². The van der Waals surface area contributed by atoms with E-state index in [0.29, 0.717) is 16.3 Å². The highest BCUT2D eigenvalue weighted by molar-refractivity contribution is 14.1. The molecule has 0 heterocycles. The summed E-state index contributed by atoms with van der Waals surface area (Å²) in [6.07, 6.45) is 0. The number of aryl methyl sites for hydroxylation is 1. The monoisotopic (exact) mass is 387 g/mol. The third kappa shape index (κ3) is 3.19. The fraction of sp³-hybridized carbons (Fsp3) is 0.0714. The van der Waals surface area contributed by atoms with E-state index in [9.17, 15) is 9.90 Å². The highest BCUT2D eigenvalue weighted by Gasteiger charge is 2.13. The summed E-state index contributed by atoms with van der Waals surface area (Å²) in [7, 11) is 0. The number of anilines is 1. The lowest BCUT2D eigenvalue weighted by Gasteiger charge is -2.09. The summed E-state index contributed by atoms with van der Waals surface area (Å²) in [6.45, 7) is 1.74. The van der Waals surface area contributed by atoms with Crippen molar-refractivity contribution in [2.24, 2.45) is 0 Å². The molecule has 0 saturated heterocycles. The lowest BCUT2D eigenvalue weighted by Crippen LogP contribution is -2.12. The summed E-state index contributed by atoms with van der Waals surface area (Å²) in [5, 5.41) is 13.0. The molecule has 2 aromatic carbocycles. The van der Waals surface area contributed by atoms with Gasteiger partial charge in [-0.2, -0.15) is 0 Å². The van der Waals surface area contributed by atoms with Crippen LogP contribution in [-0.2, 0) is 0 Å². The number of phenolic OH excluding ortho intramolecular Hbond substituents is 1. The first-order valence-corrected chi connectivity index (χ1v) is 6.99. The minimum absolute atomic E-state index is 0.0124. The number of carbonyl (C=O) groups is 1. The van der Waals surface area contributed by atoms with E-state index < -0.39 is 0 Å². The average Bonchev–Trinajstić information content (AvgIpc) is 2.36. The van der Waals surface area contributed by atoms with Crippen LogP contribution >= 0.6 is 34.2 Å². The van der Waals surface area contributed by atoms with Crippen molar-refractivity contribution in [2.45, 2.75) is 6.92 Å². The van der Waals surface area contributed by atoms with Gasteiger partial charge in [-0.3, -0.25) is 4.79 Å². The van der Waals surface area contributed by atoms with E-state index >= 15 is 0 Å². The van der Waals surface area contributed by atoms with E-state index in [-0.39, 0.29) is 17.2 Å². The van der Waals surface area contributed by atoms with Gasteiger partial charge in [0.2, 0.25) is 0 Å². The Morgan fingerprint density at radius 1 is 1.32 bits per heavy atom. The Kier molecular flexibility index (Phi) is 4.31. The van der Waals surface area contributed by atoms with Crippen LogP contribution in [0.4, 0.5) is 5.69 Å².